The monoisotopic (exact) mass is 457 g/mol. The predicted octanol–water partition coefficient (Wildman–Crippen LogP) is 5.87. The average Bonchev–Trinajstić information content (AvgIpc) is 3.39. The van der Waals surface area contributed by atoms with Crippen molar-refractivity contribution in [3.63, 3.8) is 0 Å². The second-order valence-corrected chi connectivity index (χ2v) is 7.75. The molecule has 7 nitrogen and oxygen atoms in total. The average molecular weight is 458 g/mol. The van der Waals surface area contributed by atoms with Gasteiger partial charge < -0.3 is 4.98 Å². The molecule has 0 atom stereocenters. The van der Waals surface area contributed by atoms with Crippen LogP contribution in [0.4, 0.5) is 11.4 Å². The number of non-ortho nitro benzene ring substituents is 1. The maximum absolute atomic E-state index is 10.9. The summed E-state index contributed by atoms with van der Waals surface area (Å²) in [5.41, 5.74) is 3.00. The van der Waals surface area contributed by atoms with Gasteiger partial charge >= 0.3 is 0 Å². The molecule has 0 amide bonds. The van der Waals surface area contributed by atoms with E-state index in [1.54, 1.807) is 47.4 Å². The summed E-state index contributed by atoms with van der Waals surface area (Å²) in [4.78, 5) is 18.8. The number of thiazole rings is 1. The van der Waals surface area contributed by atoms with Gasteiger partial charge in [-0.2, -0.15) is 5.10 Å². The zero-order chi connectivity index (χ0) is 21.1. The van der Waals surface area contributed by atoms with E-state index in [2.05, 4.69) is 15.1 Å². The summed E-state index contributed by atoms with van der Waals surface area (Å²) in [6, 6.07) is 15.2. The Kier molecular flexibility index (Phi) is 5.80. The van der Waals surface area contributed by atoms with E-state index in [0.29, 0.717) is 20.5 Å². The summed E-state index contributed by atoms with van der Waals surface area (Å²) >= 11 is 13.5. The number of nitrogens with zero attached hydrogens (tertiary/aromatic N) is 4. The lowest BCUT2D eigenvalue weighted by molar-refractivity contribution is -0.384. The van der Waals surface area contributed by atoms with E-state index < -0.39 is 4.92 Å². The third kappa shape index (κ3) is 4.35. The Morgan fingerprint density at radius 3 is 2.57 bits per heavy atom. The Labute approximate surface area is 184 Å². The Morgan fingerprint density at radius 2 is 1.90 bits per heavy atom. The highest BCUT2D eigenvalue weighted by atomic mass is 35.5. The quantitative estimate of drug-likeness (QED) is 0.230. The van der Waals surface area contributed by atoms with Crippen LogP contribution in [0.5, 0.6) is 0 Å². The van der Waals surface area contributed by atoms with Crippen molar-refractivity contribution in [3.05, 3.63) is 96.8 Å². The molecule has 0 aliphatic carbocycles. The minimum Gasteiger partial charge on any atom is -0.360 e. The number of H-pyrrole nitrogens is 1. The van der Waals surface area contributed by atoms with E-state index in [9.17, 15) is 10.1 Å². The number of nitrogens with one attached hydrogen (secondary N) is 1. The van der Waals surface area contributed by atoms with Crippen LogP contribution >= 0.6 is 34.5 Å². The van der Waals surface area contributed by atoms with Gasteiger partial charge in [-0.3, -0.25) is 10.1 Å². The summed E-state index contributed by atoms with van der Waals surface area (Å²) in [6.07, 6.45) is 3.48. The number of hydrogen-bond donors (Lipinski definition) is 1. The summed E-state index contributed by atoms with van der Waals surface area (Å²) in [7, 11) is 0. The van der Waals surface area contributed by atoms with Crippen LogP contribution in [0.15, 0.2) is 76.3 Å². The number of nitro benzene ring substituents is 1. The number of aromatic nitrogens is 2. The molecule has 1 N–H and O–H groups in total. The molecule has 4 aromatic rings. The topological polar surface area (TPSA) is 88.6 Å². The maximum Gasteiger partial charge on any atom is 0.269 e. The van der Waals surface area contributed by atoms with Gasteiger partial charge in [0.2, 0.25) is 4.80 Å². The number of aromatic amines is 1. The van der Waals surface area contributed by atoms with Crippen molar-refractivity contribution < 1.29 is 4.92 Å². The minimum atomic E-state index is -0.431. The van der Waals surface area contributed by atoms with Crippen molar-refractivity contribution in [2.45, 2.75) is 0 Å². The van der Waals surface area contributed by atoms with Gasteiger partial charge in [-0.1, -0.05) is 23.2 Å². The molecule has 0 radical (unpaired) electrons. The van der Waals surface area contributed by atoms with Crippen LogP contribution < -0.4 is 4.80 Å². The SMILES string of the molecule is O=[N+]([O-])c1ccc(-c2csc(=Nc3ccc(Cl)c(Cl)c3)n2N=Cc2ccc[nH]2)cc1. The highest BCUT2D eigenvalue weighted by Crippen LogP contribution is 2.27. The van der Waals surface area contributed by atoms with E-state index in [0.717, 1.165) is 17.0 Å². The molecule has 0 unspecified atom stereocenters. The fraction of sp³-hybridized carbons (Fsp3) is 0. The van der Waals surface area contributed by atoms with Crippen molar-refractivity contribution >= 4 is 52.1 Å². The first-order valence-electron chi connectivity index (χ1n) is 8.64. The standard InChI is InChI=1S/C20H13Cl2N5O2S/c21-17-8-5-14(10-18(17)22)25-20-26(24-11-15-2-1-9-23-15)19(12-30-20)13-3-6-16(7-4-13)27(28)29/h1-12,23H. The first kappa shape index (κ1) is 20.1. The Bertz CT molecular complexity index is 1290. The van der Waals surface area contributed by atoms with E-state index in [-0.39, 0.29) is 5.69 Å². The Morgan fingerprint density at radius 1 is 1.10 bits per heavy atom. The molecule has 2 aromatic heterocycles. The van der Waals surface area contributed by atoms with Crippen LogP contribution in [0.1, 0.15) is 5.69 Å². The Balaban J connectivity index is 1.83. The molecular formula is C20H13Cl2N5O2S. The molecule has 2 aromatic carbocycles. The molecule has 2 heterocycles. The molecule has 0 fully saturated rings. The van der Waals surface area contributed by atoms with Crippen LogP contribution in [0.3, 0.4) is 0 Å². The molecule has 150 valence electrons. The normalized spacial score (nSPS) is 12.0. The zero-order valence-electron chi connectivity index (χ0n) is 15.2. The van der Waals surface area contributed by atoms with Crippen LogP contribution in [0.2, 0.25) is 10.0 Å². The van der Waals surface area contributed by atoms with Gasteiger partial charge in [0.1, 0.15) is 0 Å². The number of nitro groups is 1. The highest BCUT2D eigenvalue weighted by molar-refractivity contribution is 7.07. The van der Waals surface area contributed by atoms with Gasteiger partial charge in [0, 0.05) is 29.3 Å². The minimum absolute atomic E-state index is 0.0242. The van der Waals surface area contributed by atoms with Crippen LogP contribution in [-0.4, -0.2) is 20.8 Å². The van der Waals surface area contributed by atoms with Gasteiger partial charge in [-0.25, -0.2) is 9.67 Å². The lowest BCUT2D eigenvalue weighted by Crippen LogP contribution is -2.11. The second-order valence-electron chi connectivity index (χ2n) is 6.10. The summed E-state index contributed by atoms with van der Waals surface area (Å²) in [6.45, 7) is 0. The van der Waals surface area contributed by atoms with Crippen molar-refractivity contribution in [1.82, 2.24) is 9.66 Å². The molecule has 10 heteroatoms. The van der Waals surface area contributed by atoms with Crippen molar-refractivity contribution in [2.24, 2.45) is 10.1 Å². The summed E-state index contributed by atoms with van der Waals surface area (Å²) in [5, 5.41) is 18.3. The first-order chi connectivity index (χ1) is 14.5. The number of halogens is 2. The molecule has 0 saturated heterocycles. The Hall–Kier alpha value is -3.20. The summed E-state index contributed by atoms with van der Waals surface area (Å²) in [5.74, 6) is 0. The van der Waals surface area contributed by atoms with Crippen LogP contribution in [0, 0.1) is 10.1 Å². The number of rotatable bonds is 5. The first-order valence-corrected chi connectivity index (χ1v) is 10.3. The molecular weight excluding hydrogens is 445 g/mol. The van der Waals surface area contributed by atoms with E-state index in [4.69, 9.17) is 23.2 Å². The lowest BCUT2D eigenvalue weighted by atomic mass is 10.1. The van der Waals surface area contributed by atoms with Gasteiger partial charge in [-0.15, -0.1) is 11.3 Å². The molecule has 0 aliphatic rings. The van der Waals surface area contributed by atoms with Gasteiger partial charge in [0.05, 0.1) is 38.3 Å². The molecule has 0 bridgehead atoms. The third-order valence-corrected chi connectivity index (χ3v) is 5.68. The lowest BCUT2D eigenvalue weighted by Gasteiger charge is -2.03. The molecule has 4 rings (SSSR count). The fourth-order valence-corrected chi connectivity index (χ4v) is 3.80. The van der Waals surface area contributed by atoms with Gasteiger partial charge in [-0.05, 0) is 42.5 Å². The zero-order valence-corrected chi connectivity index (χ0v) is 17.5. The maximum atomic E-state index is 10.9. The van der Waals surface area contributed by atoms with Crippen molar-refractivity contribution in [1.29, 1.82) is 0 Å². The van der Waals surface area contributed by atoms with Crippen molar-refractivity contribution in [3.8, 4) is 11.3 Å². The largest absolute Gasteiger partial charge is 0.360 e. The highest BCUT2D eigenvalue weighted by Gasteiger charge is 2.11. The third-order valence-electron chi connectivity index (χ3n) is 4.12. The van der Waals surface area contributed by atoms with Gasteiger partial charge in [0.15, 0.2) is 0 Å². The summed E-state index contributed by atoms with van der Waals surface area (Å²) < 4.78 is 1.68. The molecule has 30 heavy (non-hydrogen) atoms. The van der Waals surface area contributed by atoms with Crippen LogP contribution in [0.25, 0.3) is 11.3 Å². The van der Waals surface area contributed by atoms with Crippen molar-refractivity contribution in [2.75, 3.05) is 0 Å². The fourth-order valence-electron chi connectivity index (χ4n) is 2.65. The van der Waals surface area contributed by atoms with E-state index in [1.807, 2.05) is 17.5 Å². The van der Waals surface area contributed by atoms with Crippen LogP contribution in [-0.2, 0) is 0 Å². The smallest absolute Gasteiger partial charge is 0.269 e. The molecule has 0 aliphatic heterocycles. The number of hydrogen-bond acceptors (Lipinski definition) is 5. The number of benzene rings is 2. The second kappa shape index (κ2) is 8.66. The molecule has 0 spiro atoms. The van der Waals surface area contributed by atoms with E-state index >= 15 is 0 Å². The molecule has 0 saturated carbocycles. The predicted molar refractivity (Wildman–Crippen MR) is 120 cm³/mol. The van der Waals surface area contributed by atoms with Gasteiger partial charge in [0.25, 0.3) is 5.69 Å². The van der Waals surface area contributed by atoms with E-state index in [1.165, 1.54) is 23.5 Å².